The zero-order valence-corrected chi connectivity index (χ0v) is 10.4. The molecule has 15 heavy (non-hydrogen) atoms. The van der Waals surface area contributed by atoms with Gasteiger partial charge in [0.15, 0.2) is 5.79 Å². The van der Waals surface area contributed by atoms with Gasteiger partial charge in [0.2, 0.25) is 0 Å². The fourth-order valence-electron chi connectivity index (χ4n) is 1.79. The molecular weight excluding hydrogens is 196 g/mol. The standard InChI is InChI=1S/C11H22O4/c1-9(2,12)7-8(10(3,4)13)15-11(5,6)14-7/h7-8,12-13H,1-6H3/t7-,8+. The van der Waals surface area contributed by atoms with Crippen molar-refractivity contribution in [1.82, 2.24) is 0 Å². The van der Waals surface area contributed by atoms with E-state index >= 15 is 0 Å². The number of hydrogen-bond donors (Lipinski definition) is 2. The van der Waals surface area contributed by atoms with Gasteiger partial charge in [0.05, 0.1) is 11.2 Å². The summed E-state index contributed by atoms with van der Waals surface area (Å²) in [6.07, 6.45) is -1.07. The van der Waals surface area contributed by atoms with Crippen LogP contribution in [0.2, 0.25) is 0 Å². The van der Waals surface area contributed by atoms with Crippen molar-refractivity contribution in [2.24, 2.45) is 0 Å². The molecule has 2 atom stereocenters. The smallest absolute Gasteiger partial charge is 0.164 e. The Balaban J connectivity index is 2.95. The summed E-state index contributed by atoms with van der Waals surface area (Å²) in [5.41, 5.74) is -2.09. The summed E-state index contributed by atoms with van der Waals surface area (Å²) in [5, 5.41) is 19.9. The second-order valence-electron chi connectivity index (χ2n) is 5.78. The predicted molar refractivity (Wildman–Crippen MR) is 56.4 cm³/mol. The molecule has 90 valence electrons. The summed E-state index contributed by atoms with van der Waals surface area (Å²) < 4.78 is 11.2. The van der Waals surface area contributed by atoms with Crippen molar-refractivity contribution in [3.05, 3.63) is 0 Å². The molecule has 4 heteroatoms. The Morgan fingerprint density at radius 1 is 0.867 bits per heavy atom. The lowest BCUT2D eigenvalue weighted by Gasteiger charge is -2.34. The Morgan fingerprint density at radius 2 is 1.13 bits per heavy atom. The highest BCUT2D eigenvalue weighted by atomic mass is 16.8. The number of ether oxygens (including phenoxy) is 2. The van der Waals surface area contributed by atoms with Crippen LogP contribution in [-0.4, -0.2) is 39.4 Å². The van der Waals surface area contributed by atoms with E-state index in [4.69, 9.17) is 9.47 Å². The number of aliphatic hydroxyl groups is 2. The normalized spacial score (nSPS) is 32.0. The molecule has 0 amide bonds. The average Bonchev–Trinajstić information content (AvgIpc) is 2.23. The first-order valence-electron chi connectivity index (χ1n) is 5.24. The molecule has 1 heterocycles. The van der Waals surface area contributed by atoms with Crippen molar-refractivity contribution in [1.29, 1.82) is 0 Å². The molecule has 0 unspecified atom stereocenters. The Labute approximate surface area is 91.2 Å². The van der Waals surface area contributed by atoms with Gasteiger partial charge in [-0.1, -0.05) is 0 Å². The Morgan fingerprint density at radius 3 is 1.33 bits per heavy atom. The Hall–Kier alpha value is -0.160. The monoisotopic (exact) mass is 218 g/mol. The molecule has 1 saturated heterocycles. The van der Waals surface area contributed by atoms with Crippen LogP contribution in [0, 0.1) is 0 Å². The topological polar surface area (TPSA) is 58.9 Å². The van der Waals surface area contributed by atoms with Gasteiger partial charge in [0.1, 0.15) is 12.2 Å². The van der Waals surface area contributed by atoms with Gasteiger partial charge < -0.3 is 19.7 Å². The maximum absolute atomic E-state index is 9.97. The van der Waals surface area contributed by atoms with E-state index < -0.39 is 29.2 Å². The second kappa shape index (κ2) is 3.42. The highest BCUT2D eigenvalue weighted by molar-refractivity contribution is 4.98. The van der Waals surface area contributed by atoms with Crippen molar-refractivity contribution in [3.8, 4) is 0 Å². The molecule has 4 nitrogen and oxygen atoms in total. The van der Waals surface area contributed by atoms with Crippen LogP contribution in [0.4, 0.5) is 0 Å². The zero-order chi connectivity index (χ0) is 12.1. The maximum atomic E-state index is 9.97. The van der Waals surface area contributed by atoms with Crippen LogP contribution in [0.15, 0.2) is 0 Å². The quantitative estimate of drug-likeness (QED) is 0.727. The van der Waals surface area contributed by atoms with E-state index in [0.717, 1.165) is 0 Å². The van der Waals surface area contributed by atoms with Gasteiger partial charge in [-0.3, -0.25) is 0 Å². The van der Waals surface area contributed by atoms with E-state index in [1.54, 1.807) is 41.5 Å². The molecule has 0 aliphatic carbocycles. The molecule has 1 fully saturated rings. The molecule has 2 N–H and O–H groups in total. The number of rotatable bonds is 2. The fourth-order valence-corrected chi connectivity index (χ4v) is 1.79. The highest BCUT2D eigenvalue weighted by Crippen LogP contribution is 2.38. The minimum Gasteiger partial charge on any atom is -0.388 e. The molecule has 1 aliphatic heterocycles. The van der Waals surface area contributed by atoms with Gasteiger partial charge in [0.25, 0.3) is 0 Å². The minimum absolute atomic E-state index is 0.535. The third kappa shape index (κ3) is 2.91. The third-order valence-electron chi connectivity index (χ3n) is 2.49. The van der Waals surface area contributed by atoms with Crippen molar-refractivity contribution in [2.75, 3.05) is 0 Å². The predicted octanol–water partition coefficient (Wildman–Crippen LogP) is 1.05. The van der Waals surface area contributed by atoms with E-state index in [9.17, 15) is 10.2 Å². The van der Waals surface area contributed by atoms with E-state index in [-0.39, 0.29) is 0 Å². The Bertz CT molecular complexity index is 210. The zero-order valence-electron chi connectivity index (χ0n) is 10.4. The molecule has 1 rings (SSSR count). The first-order chi connectivity index (χ1) is 6.43. The van der Waals surface area contributed by atoms with E-state index in [1.165, 1.54) is 0 Å². The lowest BCUT2D eigenvalue weighted by Crippen LogP contribution is -2.51. The highest BCUT2D eigenvalue weighted by Gasteiger charge is 2.53. The second-order valence-corrected chi connectivity index (χ2v) is 5.78. The average molecular weight is 218 g/mol. The van der Waals surface area contributed by atoms with Gasteiger partial charge in [-0.2, -0.15) is 0 Å². The molecule has 0 bridgehead atoms. The van der Waals surface area contributed by atoms with Gasteiger partial charge in [-0.25, -0.2) is 0 Å². The molecule has 0 aromatic heterocycles. The summed E-state index contributed by atoms with van der Waals surface area (Å²) in [4.78, 5) is 0. The summed E-state index contributed by atoms with van der Waals surface area (Å²) >= 11 is 0. The summed E-state index contributed by atoms with van der Waals surface area (Å²) in [6, 6.07) is 0. The van der Waals surface area contributed by atoms with E-state index in [2.05, 4.69) is 0 Å². The van der Waals surface area contributed by atoms with E-state index in [1.807, 2.05) is 0 Å². The molecular formula is C11H22O4. The third-order valence-corrected chi connectivity index (χ3v) is 2.49. The van der Waals surface area contributed by atoms with Crippen LogP contribution in [0.3, 0.4) is 0 Å². The first kappa shape index (κ1) is 12.9. The molecule has 0 aromatic rings. The van der Waals surface area contributed by atoms with Crippen LogP contribution in [-0.2, 0) is 9.47 Å². The molecule has 0 radical (unpaired) electrons. The van der Waals surface area contributed by atoms with Gasteiger partial charge in [0, 0.05) is 0 Å². The summed E-state index contributed by atoms with van der Waals surface area (Å²) in [6.45, 7) is 10.2. The van der Waals surface area contributed by atoms with Crippen molar-refractivity contribution in [2.45, 2.75) is 70.7 Å². The Kier molecular flexibility index (Phi) is 2.94. The molecule has 0 saturated carbocycles. The largest absolute Gasteiger partial charge is 0.388 e. The fraction of sp³-hybridized carbons (Fsp3) is 1.00. The lowest BCUT2D eigenvalue weighted by atomic mass is 9.88. The van der Waals surface area contributed by atoms with E-state index in [0.29, 0.717) is 0 Å². The lowest BCUT2D eigenvalue weighted by molar-refractivity contribution is -0.171. The van der Waals surface area contributed by atoms with Crippen LogP contribution >= 0.6 is 0 Å². The van der Waals surface area contributed by atoms with Crippen LogP contribution in [0.5, 0.6) is 0 Å². The SMILES string of the molecule is CC1(C)O[C@@H](C(C)(C)O)[C@@H](C(C)(C)O)O1. The first-order valence-corrected chi connectivity index (χ1v) is 5.24. The van der Waals surface area contributed by atoms with Gasteiger partial charge >= 0.3 is 0 Å². The molecule has 1 aliphatic rings. The van der Waals surface area contributed by atoms with Crippen molar-refractivity contribution in [3.63, 3.8) is 0 Å². The minimum atomic E-state index is -1.04. The van der Waals surface area contributed by atoms with Gasteiger partial charge in [-0.05, 0) is 41.5 Å². The number of hydrogen-bond acceptors (Lipinski definition) is 4. The molecule has 0 aromatic carbocycles. The van der Waals surface area contributed by atoms with Crippen LogP contribution in [0.25, 0.3) is 0 Å². The van der Waals surface area contributed by atoms with Gasteiger partial charge in [-0.15, -0.1) is 0 Å². The summed E-state index contributed by atoms with van der Waals surface area (Å²) in [7, 11) is 0. The van der Waals surface area contributed by atoms with Crippen LogP contribution < -0.4 is 0 Å². The maximum Gasteiger partial charge on any atom is 0.164 e. The van der Waals surface area contributed by atoms with Crippen molar-refractivity contribution < 1.29 is 19.7 Å². The summed E-state index contributed by atoms with van der Waals surface area (Å²) in [5.74, 6) is -0.769. The van der Waals surface area contributed by atoms with Crippen LogP contribution in [0.1, 0.15) is 41.5 Å². The molecule has 0 spiro atoms. The van der Waals surface area contributed by atoms with Crippen molar-refractivity contribution >= 4 is 0 Å².